The summed E-state index contributed by atoms with van der Waals surface area (Å²) in [5.74, 6) is -1.14. The number of benzene rings is 1. The van der Waals surface area contributed by atoms with Gasteiger partial charge in [0.1, 0.15) is 5.82 Å². The molecule has 1 heterocycles. The minimum absolute atomic E-state index is 0.0271. The van der Waals surface area contributed by atoms with E-state index in [1.54, 1.807) is 6.07 Å². The molecule has 2 aromatic rings. The van der Waals surface area contributed by atoms with Crippen LogP contribution in [-0.2, 0) is 6.42 Å². The topological polar surface area (TPSA) is 80.2 Å². The number of carboxylic acids is 1. The Kier molecular flexibility index (Phi) is 4.65. The van der Waals surface area contributed by atoms with Crippen LogP contribution >= 0.6 is 0 Å². The molecule has 22 heavy (non-hydrogen) atoms. The van der Waals surface area contributed by atoms with Gasteiger partial charge in [-0.05, 0) is 25.8 Å². The van der Waals surface area contributed by atoms with E-state index in [2.05, 4.69) is 9.97 Å². The van der Waals surface area contributed by atoms with Gasteiger partial charge in [0.05, 0.1) is 5.56 Å². The zero-order valence-corrected chi connectivity index (χ0v) is 12.9. The second-order valence-corrected chi connectivity index (χ2v) is 5.25. The van der Waals surface area contributed by atoms with E-state index in [9.17, 15) is 14.7 Å². The molecular formula is C17H18N2O3. The van der Waals surface area contributed by atoms with Gasteiger partial charge < -0.3 is 5.11 Å². The Morgan fingerprint density at radius 3 is 2.50 bits per heavy atom. The second kappa shape index (κ2) is 6.47. The van der Waals surface area contributed by atoms with Gasteiger partial charge in [-0.25, -0.2) is 14.8 Å². The fourth-order valence-electron chi connectivity index (χ4n) is 2.31. The molecule has 0 aliphatic rings. The van der Waals surface area contributed by atoms with Gasteiger partial charge in [-0.15, -0.1) is 0 Å². The van der Waals surface area contributed by atoms with Gasteiger partial charge in [0.2, 0.25) is 0 Å². The number of rotatable bonds is 5. The van der Waals surface area contributed by atoms with E-state index in [4.69, 9.17) is 0 Å². The van der Waals surface area contributed by atoms with E-state index >= 15 is 0 Å². The van der Waals surface area contributed by atoms with Crippen molar-refractivity contribution in [2.75, 3.05) is 0 Å². The average Bonchev–Trinajstić information content (AvgIpc) is 2.47. The van der Waals surface area contributed by atoms with Crippen molar-refractivity contribution in [3.8, 4) is 0 Å². The van der Waals surface area contributed by atoms with Gasteiger partial charge in [-0.2, -0.15) is 0 Å². The van der Waals surface area contributed by atoms with Crippen LogP contribution in [0.4, 0.5) is 0 Å². The molecule has 0 spiro atoms. The molecular weight excluding hydrogens is 280 g/mol. The van der Waals surface area contributed by atoms with E-state index in [1.807, 2.05) is 32.9 Å². The maximum Gasteiger partial charge on any atom is 0.355 e. The van der Waals surface area contributed by atoms with E-state index in [0.29, 0.717) is 17.8 Å². The number of hydrogen-bond acceptors (Lipinski definition) is 4. The summed E-state index contributed by atoms with van der Waals surface area (Å²) >= 11 is 0. The van der Waals surface area contributed by atoms with Gasteiger partial charge >= 0.3 is 5.97 Å². The molecule has 114 valence electrons. The molecule has 1 aromatic carbocycles. The maximum absolute atomic E-state index is 12.6. The maximum atomic E-state index is 12.6. The number of hydrogen-bond donors (Lipinski definition) is 1. The number of ketones is 1. The predicted molar refractivity (Wildman–Crippen MR) is 82.3 cm³/mol. The van der Waals surface area contributed by atoms with Crippen LogP contribution in [0.1, 0.15) is 56.7 Å². The van der Waals surface area contributed by atoms with Crippen molar-refractivity contribution >= 4 is 11.8 Å². The number of carbonyl (C=O) groups is 2. The van der Waals surface area contributed by atoms with Gasteiger partial charge in [-0.3, -0.25) is 4.79 Å². The monoisotopic (exact) mass is 298 g/mol. The summed E-state index contributed by atoms with van der Waals surface area (Å²) in [6, 6.07) is 5.42. The Labute approximate surface area is 129 Å². The second-order valence-electron chi connectivity index (χ2n) is 5.25. The van der Waals surface area contributed by atoms with E-state index in [1.165, 1.54) is 6.20 Å². The summed E-state index contributed by atoms with van der Waals surface area (Å²) in [5.41, 5.74) is 2.11. The summed E-state index contributed by atoms with van der Waals surface area (Å²) in [6.07, 6.45) is 2.71. The van der Waals surface area contributed by atoms with Gasteiger partial charge in [-0.1, -0.05) is 30.7 Å². The Bertz CT molecular complexity index is 739. The third-order valence-corrected chi connectivity index (χ3v) is 3.39. The molecule has 0 radical (unpaired) electrons. The Balaban J connectivity index is 2.51. The van der Waals surface area contributed by atoms with Crippen LogP contribution in [0.5, 0.6) is 0 Å². The molecule has 0 unspecified atom stereocenters. The summed E-state index contributed by atoms with van der Waals surface area (Å²) in [6.45, 7) is 5.72. The third kappa shape index (κ3) is 3.19. The van der Waals surface area contributed by atoms with Crippen LogP contribution in [-0.4, -0.2) is 26.8 Å². The molecule has 0 bridgehead atoms. The van der Waals surface area contributed by atoms with Crippen LogP contribution in [0.2, 0.25) is 0 Å². The van der Waals surface area contributed by atoms with Gasteiger partial charge in [0, 0.05) is 18.2 Å². The molecule has 0 aliphatic heterocycles. The van der Waals surface area contributed by atoms with Crippen molar-refractivity contribution in [2.45, 2.75) is 33.6 Å². The lowest BCUT2D eigenvalue weighted by Gasteiger charge is -2.09. The van der Waals surface area contributed by atoms with Crippen molar-refractivity contribution in [1.29, 1.82) is 0 Å². The fourth-order valence-corrected chi connectivity index (χ4v) is 2.31. The van der Waals surface area contributed by atoms with E-state index in [-0.39, 0.29) is 17.0 Å². The van der Waals surface area contributed by atoms with Crippen LogP contribution in [0.3, 0.4) is 0 Å². The highest BCUT2D eigenvalue weighted by Crippen LogP contribution is 2.18. The average molecular weight is 298 g/mol. The standard InChI is InChI=1S/C17H18N2O3/c1-4-5-14-18-9-13(15(19-14)17(21)22)16(20)12-7-6-10(2)8-11(12)3/h6-9H,4-5H2,1-3H3,(H,21,22). The molecule has 0 atom stereocenters. The highest BCUT2D eigenvalue weighted by Gasteiger charge is 2.22. The van der Waals surface area contributed by atoms with Crippen LogP contribution < -0.4 is 0 Å². The molecule has 5 nitrogen and oxygen atoms in total. The largest absolute Gasteiger partial charge is 0.476 e. The minimum Gasteiger partial charge on any atom is -0.476 e. The van der Waals surface area contributed by atoms with E-state index in [0.717, 1.165) is 17.5 Å². The van der Waals surface area contributed by atoms with Crippen molar-refractivity contribution in [3.63, 3.8) is 0 Å². The molecule has 0 fully saturated rings. The molecule has 0 aliphatic carbocycles. The molecule has 0 saturated carbocycles. The first kappa shape index (κ1) is 15.8. The van der Waals surface area contributed by atoms with Crippen molar-refractivity contribution in [2.24, 2.45) is 0 Å². The summed E-state index contributed by atoms with van der Waals surface area (Å²) in [4.78, 5) is 32.2. The smallest absolute Gasteiger partial charge is 0.355 e. The predicted octanol–water partition coefficient (Wildman–Crippen LogP) is 2.98. The van der Waals surface area contributed by atoms with Crippen molar-refractivity contribution in [3.05, 3.63) is 58.2 Å². The summed E-state index contributed by atoms with van der Waals surface area (Å²) in [5, 5.41) is 9.33. The molecule has 1 N–H and O–H groups in total. The number of carboxylic acid groups (broad SMARTS) is 1. The number of aromatic nitrogens is 2. The van der Waals surface area contributed by atoms with Crippen LogP contribution in [0.15, 0.2) is 24.4 Å². The van der Waals surface area contributed by atoms with Gasteiger partial charge in [0.25, 0.3) is 0 Å². The molecule has 0 saturated heterocycles. The minimum atomic E-state index is -1.21. The third-order valence-electron chi connectivity index (χ3n) is 3.39. The first-order valence-electron chi connectivity index (χ1n) is 7.15. The van der Waals surface area contributed by atoms with Crippen LogP contribution in [0, 0.1) is 13.8 Å². The van der Waals surface area contributed by atoms with E-state index < -0.39 is 5.97 Å². The number of carbonyl (C=O) groups excluding carboxylic acids is 1. The van der Waals surface area contributed by atoms with Crippen molar-refractivity contribution < 1.29 is 14.7 Å². The highest BCUT2D eigenvalue weighted by atomic mass is 16.4. The normalized spacial score (nSPS) is 10.5. The van der Waals surface area contributed by atoms with Gasteiger partial charge in [0.15, 0.2) is 11.5 Å². The number of nitrogens with zero attached hydrogens (tertiary/aromatic N) is 2. The summed E-state index contributed by atoms with van der Waals surface area (Å²) < 4.78 is 0. The molecule has 0 amide bonds. The number of aromatic carboxylic acids is 1. The van der Waals surface area contributed by atoms with Crippen molar-refractivity contribution in [1.82, 2.24) is 9.97 Å². The number of aryl methyl sites for hydroxylation is 3. The molecule has 2 rings (SSSR count). The molecule has 5 heteroatoms. The fraction of sp³-hybridized carbons (Fsp3) is 0.294. The summed E-state index contributed by atoms with van der Waals surface area (Å²) in [7, 11) is 0. The zero-order chi connectivity index (χ0) is 16.3. The SMILES string of the molecule is CCCc1ncc(C(=O)c2ccc(C)cc2C)c(C(=O)O)n1. The highest BCUT2D eigenvalue weighted by molar-refractivity contribution is 6.14. The Morgan fingerprint density at radius 2 is 1.91 bits per heavy atom. The quantitative estimate of drug-likeness (QED) is 0.858. The lowest BCUT2D eigenvalue weighted by molar-refractivity contribution is 0.0685. The first-order chi connectivity index (χ1) is 10.4. The Hall–Kier alpha value is -2.56. The lowest BCUT2D eigenvalue weighted by Crippen LogP contribution is -2.15. The Morgan fingerprint density at radius 1 is 1.18 bits per heavy atom. The molecule has 1 aromatic heterocycles. The first-order valence-corrected chi connectivity index (χ1v) is 7.15. The lowest BCUT2D eigenvalue weighted by atomic mass is 9.97. The van der Waals surface area contributed by atoms with Crippen LogP contribution in [0.25, 0.3) is 0 Å². The zero-order valence-electron chi connectivity index (χ0n) is 12.9.